The first-order valence-electron chi connectivity index (χ1n) is 14.1. The maximum atomic E-state index is 10.9. The van der Waals surface area contributed by atoms with E-state index in [4.69, 9.17) is 15.0 Å². The summed E-state index contributed by atoms with van der Waals surface area (Å²) in [6.45, 7) is 0.156. The zero-order valence-electron chi connectivity index (χ0n) is 21.7. The van der Waals surface area contributed by atoms with Crippen molar-refractivity contribution in [1.82, 2.24) is 5.48 Å². The molecule has 0 aliphatic rings. The SMILES string of the molecule is O=C(CCCCCCCCCCCCCCCCCCCCCCCCCOP(=O)(O)O)NO. The molecule has 1 amide bonds. The third-order valence-electron chi connectivity index (χ3n) is 6.43. The minimum absolute atomic E-state index is 0.156. The van der Waals surface area contributed by atoms with Gasteiger partial charge in [-0.25, -0.2) is 10.0 Å². The predicted molar refractivity (Wildman–Crippen MR) is 139 cm³/mol. The highest BCUT2D eigenvalue weighted by Crippen LogP contribution is 2.35. The van der Waals surface area contributed by atoms with Crippen molar-refractivity contribution in [3.63, 3.8) is 0 Å². The zero-order valence-corrected chi connectivity index (χ0v) is 22.6. The molecule has 0 aliphatic heterocycles. The van der Waals surface area contributed by atoms with Crippen molar-refractivity contribution in [3.8, 4) is 0 Å². The molecule has 0 heterocycles. The predicted octanol–water partition coefficient (Wildman–Crippen LogP) is 7.96. The van der Waals surface area contributed by atoms with E-state index in [1.807, 2.05) is 0 Å². The molecule has 0 saturated heterocycles. The monoisotopic (exact) mass is 507 g/mol. The van der Waals surface area contributed by atoms with Crippen LogP contribution < -0.4 is 5.48 Å². The highest BCUT2D eigenvalue weighted by Gasteiger charge is 2.12. The van der Waals surface area contributed by atoms with E-state index in [1.54, 1.807) is 5.48 Å². The Morgan fingerprint density at radius 1 is 0.529 bits per heavy atom. The molecule has 0 fully saturated rings. The average Bonchev–Trinajstić information content (AvgIpc) is 2.80. The van der Waals surface area contributed by atoms with Crippen LogP contribution in [0.2, 0.25) is 0 Å². The molecule has 7 nitrogen and oxygen atoms in total. The first-order valence-corrected chi connectivity index (χ1v) is 15.6. The molecule has 0 aromatic carbocycles. The van der Waals surface area contributed by atoms with Crippen LogP contribution in [-0.4, -0.2) is 27.5 Å². The van der Waals surface area contributed by atoms with Gasteiger partial charge in [-0.05, 0) is 12.8 Å². The number of unbranched alkanes of at least 4 members (excludes halogenated alkanes) is 22. The van der Waals surface area contributed by atoms with Crippen LogP contribution in [0.1, 0.15) is 154 Å². The third kappa shape index (κ3) is 29.6. The van der Waals surface area contributed by atoms with Gasteiger partial charge in [0.1, 0.15) is 0 Å². The van der Waals surface area contributed by atoms with Gasteiger partial charge in [0.15, 0.2) is 0 Å². The summed E-state index contributed by atoms with van der Waals surface area (Å²) in [5.74, 6) is -0.273. The maximum absolute atomic E-state index is 10.9. The van der Waals surface area contributed by atoms with E-state index in [1.165, 1.54) is 116 Å². The van der Waals surface area contributed by atoms with Crippen molar-refractivity contribution in [2.75, 3.05) is 6.61 Å². The highest BCUT2D eigenvalue weighted by molar-refractivity contribution is 7.46. The van der Waals surface area contributed by atoms with Crippen molar-refractivity contribution in [3.05, 3.63) is 0 Å². The third-order valence-corrected chi connectivity index (χ3v) is 6.95. The van der Waals surface area contributed by atoms with E-state index in [9.17, 15) is 9.36 Å². The van der Waals surface area contributed by atoms with Crippen LogP contribution in [0.4, 0.5) is 0 Å². The fraction of sp³-hybridized carbons (Fsp3) is 0.962. The molecule has 0 aliphatic carbocycles. The van der Waals surface area contributed by atoms with Gasteiger partial charge in [0.2, 0.25) is 5.91 Å². The second-order valence-corrected chi connectivity index (χ2v) is 11.0. The quantitative estimate of drug-likeness (QED) is 0.0388. The van der Waals surface area contributed by atoms with E-state index >= 15 is 0 Å². The number of carbonyl (C=O) groups excluding carboxylic acids is 1. The number of hydroxylamine groups is 1. The Morgan fingerprint density at radius 3 is 1.06 bits per heavy atom. The number of phosphoric ester groups is 1. The van der Waals surface area contributed by atoms with Gasteiger partial charge in [-0.1, -0.05) is 135 Å². The van der Waals surface area contributed by atoms with Gasteiger partial charge in [-0.2, -0.15) is 0 Å². The minimum Gasteiger partial charge on any atom is -0.303 e. The summed E-state index contributed by atoms with van der Waals surface area (Å²) in [6.07, 6.45) is 29.2. The molecule has 0 bridgehead atoms. The van der Waals surface area contributed by atoms with Gasteiger partial charge < -0.3 is 9.79 Å². The molecule has 0 unspecified atom stereocenters. The summed E-state index contributed by atoms with van der Waals surface area (Å²) < 4.78 is 15.0. The molecule has 0 aromatic rings. The summed E-state index contributed by atoms with van der Waals surface area (Å²) >= 11 is 0. The van der Waals surface area contributed by atoms with Gasteiger partial charge in [0.05, 0.1) is 6.61 Å². The molecule has 204 valence electrons. The summed E-state index contributed by atoms with van der Waals surface area (Å²) in [5.41, 5.74) is 1.68. The van der Waals surface area contributed by atoms with E-state index < -0.39 is 7.82 Å². The largest absolute Gasteiger partial charge is 0.469 e. The fourth-order valence-electron chi connectivity index (χ4n) is 4.34. The molecule has 0 spiro atoms. The summed E-state index contributed by atoms with van der Waals surface area (Å²) in [6, 6.07) is 0. The Hall–Kier alpha value is -0.460. The number of phosphoric acid groups is 1. The van der Waals surface area contributed by atoms with Crippen LogP contribution in [-0.2, 0) is 13.9 Å². The molecule has 0 saturated carbocycles. The first kappa shape index (κ1) is 33.5. The molecule has 0 aromatic heterocycles. The van der Waals surface area contributed by atoms with Crippen LogP contribution in [0.25, 0.3) is 0 Å². The smallest absolute Gasteiger partial charge is 0.303 e. The molecule has 0 atom stereocenters. The number of carbonyl (C=O) groups is 1. The molecule has 34 heavy (non-hydrogen) atoms. The van der Waals surface area contributed by atoms with E-state index in [-0.39, 0.29) is 12.5 Å². The molecule has 0 radical (unpaired) electrons. The van der Waals surface area contributed by atoms with Crippen LogP contribution in [0.15, 0.2) is 0 Å². The van der Waals surface area contributed by atoms with Crippen LogP contribution in [0, 0.1) is 0 Å². The fourth-order valence-corrected chi connectivity index (χ4v) is 4.71. The Morgan fingerprint density at radius 2 is 0.794 bits per heavy atom. The Bertz CT molecular complexity index is 486. The first-order chi connectivity index (χ1) is 16.5. The molecule has 8 heteroatoms. The summed E-state index contributed by atoms with van der Waals surface area (Å²) in [7, 11) is -4.28. The van der Waals surface area contributed by atoms with Crippen LogP contribution in [0.5, 0.6) is 0 Å². The Balaban J connectivity index is 3.06. The Labute approximate surface area is 209 Å². The maximum Gasteiger partial charge on any atom is 0.469 e. The number of nitrogens with one attached hydrogen (secondary N) is 1. The molecular formula is C26H54NO6P. The van der Waals surface area contributed by atoms with Crippen molar-refractivity contribution in [2.24, 2.45) is 0 Å². The lowest BCUT2D eigenvalue weighted by atomic mass is 10.0. The van der Waals surface area contributed by atoms with E-state index in [0.29, 0.717) is 6.42 Å². The normalized spacial score (nSPS) is 11.7. The summed E-state index contributed by atoms with van der Waals surface area (Å²) in [5, 5.41) is 8.42. The number of amides is 1. The molecule has 4 N–H and O–H groups in total. The van der Waals surface area contributed by atoms with Gasteiger partial charge in [-0.15, -0.1) is 0 Å². The second-order valence-electron chi connectivity index (χ2n) is 9.74. The van der Waals surface area contributed by atoms with Gasteiger partial charge in [0, 0.05) is 6.42 Å². The lowest BCUT2D eigenvalue weighted by Gasteiger charge is -2.05. The highest BCUT2D eigenvalue weighted by atomic mass is 31.2. The van der Waals surface area contributed by atoms with Crippen molar-refractivity contribution in [1.29, 1.82) is 0 Å². The standard InChI is InChI=1S/C26H54NO6P/c28-26(27-29)24-22-20-18-16-14-12-10-8-6-4-2-1-3-5-7-9-11-13-15-17-19-21-23-25-33-34(30,31)32/h29H,1-25H2,(H,27,28)(H2,30,31,32). The zero-order chi connectivity index (χ0) is 25.2. The molecule has 0 rings (SSSR count). The van der Waals surface area contributed by atoms with Gasteiger partial charge >= 0.3 is 7.82 Å². The van der Waals surface area contributed by atoms with Crippen molar-refractivity contribution < 1.29 is 28.9 Å². The van der Waals surface area contributed by atoms with Crippen LogP contribution in [0.3, 0.4) is 0 Å². The lowest BCUT2D eigenvalue weighted by Crippen LogP contribution is -2.17. The number of rotatable bonds is 27. The Kier molecular flexibility index (Phi) is 25.3. The van der Waals surface area contributed by atoms with Crippen LogP contribution >= 0.6 is 7.82 Å². The average molecular weight is 508 g/mol. The minimum atomic E-state index is -4.28. The number of hydrogen-bond donors (Lipinski definition) is 4. The molecular weight excluding hydrogens is 453 g/mol. The van der Waals surface area contributed by atoms with Crippen molar-refractivity contribution in [2.45, 2.75) is 154 Å². The summed E-state index contributed by atoms with van der Waals surface area (Å²) in [4.78, 5) is 28.1. The van der Waals surface area contributed by atoms with E-state index in [2.05, 4.69) is 4.52 Å². The number of hydrogen-bond acceptors (Lipinski definition) is 4. The van der Waals surface area contributed by atoms with Crippen molar-refractivity contribution >= 4 is 13.7 Å². The lowest BCUT2D eigenvalue weighted by molar-refractivity contribution is -0.129. The topological polar surface area (TPSA) is 116 Å². The second kappa shape index (κ2) is 25.6. The van der Waals surface area contributed by atoms with Gasteiger partial charge in [0.25, 0.3) is 0 Å². The van der Waals surface area contributed by atoms with Gasteiger partial charge in [-0.3, -0.25) is 14.5 Å². The van der Waals surface area contributed by atoms with E-state index in [0.717, 1.165) is 32.1 Å².